The van der Waals surface area contributed by atoms with Gasteiger partial charge in [-0.2, -0.15) is 0 Å². The van der Waals surface area contributed by atoms with E-state index in [1.54, 1.807) is 7.11 Å². The van der Waals surface area contributed by atoms with Gasteiger partial charge in [-0.1, -0.05) is 24.3 Å². The number of methoxy groups -OCH3 is 1. The maximum absolute atomic E-state index is 11.6. The van der Waals surface area contributed by atoms with Gasteiger partial charge in [-0.25, -0.2) is 0 Å². The first-order valence-corrected chi connectivity index (χ1v) is 5.72. The molecular formula is C13H20N2O2. The molecule has 4 heteroatoms. The summed E-state index contributed by atoms with van der Waals surface area (Å²) in [7, 11) is 1.60. The third-order valence-electron chi connectivity index (χ3n) is 2.62. The Morgan fingerprint density at radius 3 is 2.82 bits per heavy atom. The third kappa shape index (κ3) is 4.54. The second kappa shape index (κ2) is 7.04. The van der Waals surface area contributed by atoms with Crippen LogP contribution in [0, 0.1) is 6.92 Å². The van der Waals surface area contributed by atoms with Crippen molar-refractivity contribution >= 4 is 5.91 Å². The molecule has 0 saturated heterocycles. The second-order valence-electron chi connectivity index (χ2n) is 4.01. The fourth-order valence-corrected chi connectivity index (χ4v) is 1.68. The summed E-state index contributed by atoms with van der Waals surface area (Å²) in [6.45, 7) is 3.04. The molecule has 0 spiro atoms. The standard InChI is InChI=1S/C13H20N2O2/c1-10-5-3-4-6-11(10)12(14)9-13(16)15-7-8-17-2/h3-6,12H,7-9,14H2,1-2H3,(H,15,16)/t12-/m0/s1. The molecule has 1 aromatic rings. The summed E-state index contributed by atoms with van der Waals surface area (Å²) in [4.78, 5) is 11.6. The normalized spacial score (nSPS) is 12.2. The van der Waals surface area contributed by atoms with Gasteiger partial charge in [-0.3, -0.25) is 4.79 Å². The maximum atomic E-state index is 11.6. The first-order chi connectivity index (χ1) is 8.15. The number of nitrogens with two attached hydrogens (primary N) is 1. The van der Waals surface area contributed by atoms with Gasteiger partial charge in [0, 0.05) is 26.1 Å². The highest BCUT2D eigenvalue weighted by atomic mass is 16.5. The topological polar surface area (TPSA) is 64.3 Å². The minimum Gasteiger partial charge on any atom is -0.383 e. The lowest BCUT2D eigenvalue weighted by Crippen LogP contribution is -2.30. The highest BCUT2D eigenvalue weighted by Crippen LogP contribution is 2.17. The summed E-state index contributed by atoms with van der Waals surface area (Å²) in [6, 6.07) is 7.61. The fourth-order valence-electron chi connectivity index (χ4n) is 1.68. The van der Waals surface area contributed by atoms with E-state index in [-0.39, 0.29) is 11.9 Å². The Morgan fingerprint density at radius 2 is 2.18 bits per heavy atom. The molecule has 17 heavy (non-hydrogen) atoms. The molecule has 0 saturated carbocycles. The van der Waals surface area contributed by atoms with Gasteiger partial charge < -0.3 is 15.8 Å². The largest absolute Gasteiger partial charge is 0.383 e. The van der Waals surface area contributed by atoms with Crippen LogP contribution >= 0.6 is 0 Å². The summed E-state index contributed by atoms with van der Waals surface area (Å²) in [5.74, 6) is -0.0437. The van der Waals surface area contributed by atoms with Crippen molar-refractivity contribution in [3.8, 4) is 0 Å². The van der Waals surface area contributed by atoms with Crippen molar-refractivity contribution in [1.82, 2.24) is 5.32 Å². The summed E-state index contributed by atoms with van der Waals surface area (Å²) in [6.07, 6.45) is 0.300. The Hall–Kier alpha value is -1.39. The van der Waals surface area contributed by atoms with Crippen molar-refractivity contribution in [3.05, 3.63) is 35.4 Å². The van der Waals surface area contributed by atoms with Crippen LogP contribution in [-0.2, 0) is 9.53 Å². The van der Waals surface area contributed by atoms with Crippen molar-refractivity contribution in [2.24, 2.45) is 5.73 Å². The third-order valence-corrected chi connectivity index (χ3v) is 2.62. The molecule has 0 aromatic heterocycles. The van der Waals surface area contributed by atoms with Crippen molar-refractivity contribution in [2.45, 2.75) is 19.4 Å². The number of aryl methyl sites for hydroxylation is 1. The van der Waals surface area contributed by atoms with Crippen LogP contribution in [0.3, 0.4) is 0 Å². The van der Waals surface area contributed by atoms with E-state index >= 15 is 0 Å². The van der Waals surface area contributed by atoms with E-state index in [1.807, 2.05) is 31.2 Å². The number of ether oxygens (including phenoxy) is 1. The predicted octanol–water partition coefficient (Wildman–Crippen LogP) is 1.15. The molecule has 94 valence electrons. The number of amides is 1. The van der Waals surface area contributed by atoms with Crippen molar-refractivity contribution in [2.75, 3.05) is 20.3 Å². The quantitative estimate of drug-likeness (QED) is 0.728. The van der Waals surface area contributed by atoms with E-state index in [9.17, 15) is 4.79 Å². The van der Waals surface area contributed by atoms with E-state index in [0.717, 1.165) is 11.1 Å². The van der Waals surface area contributed by atoms with Gasteiger partial charge >= 0.3 is 0 Å². The van der Waals surface area contributed by atoms with E-state index in [1.165, 1.54) is 0 Å². The zero-order chi connectivity index (χ0) is 12.7. The number of hydrogen-bond acceptors (Lipinski definition) is 3. The summed E-state index contributed by atoms with van der Waals surface area (Å²) in [5.41, 5.74) is 8.15. The number of rotatable bonds is 6. The average Bonchev–Trinajstić information content (AvgIpc) is 2.29. The van der Waals surface area contributed by atoms with Crippen LogP contribution in [0.4, 0.5) is 0 Å². The molecule has 0 bridgehead atoms. The Kier molecular flexibility index (Phi) is 5.66. The van der Waals surface area contributed by atoms with Crippen LogP contribution in [0.1, 0.15) is 23.6 Å². The number of hydrogen-bond donors (Lipinski definition) is 2. The molecule has 0 unspecified atom stereocenters. The molecule has 0 fully saturated rings. The first kappa shape index (κ1) is 13.7. The maximum Gasteiger partial charge on any atom is 0.221 e. The zero-order valence-electron chi connectivity index (χ0n) is 10.4. The van der Waals surface area contributed by atoms with Gasteiger partial charge in [0.05, 0.1) is 6.61 Å². The van der Waals surface area contributed by atoms with Gasteiger partial charge in [0.1, 0.15) is 0 Å². The molecule has 4 nitrogen and oxygen atoms in total. The minimum atomic E-state index is -0.251. The minimum absolute atomic E-state index is 0.0437. The van der Waals surface area contributed by atoms with Gasteiger partial charge in [-0.05, 0) is 18.1 Å². The SMILES string of the molecule is COCCNC(=O)C[C@H](N)c1ccccc1C. The van der Waals surface area contributed by atoms with E-state index in [2.05, 4.69) is 5.32 Å². The zero-order valence-corrected chi connectivity index (χ0v) is 10.4. The highest BCUT2D eigenvalue weighted by molar-refractivity contribution is 5.76. The summed E-state index contributed by atoms with van der Waals surface area (Å²) >= 11 is 0. The van der Waals surface area contributed by atoms with E-state index in [0.29, 0.717) is 19.6 Å². The number of carbonyl (C=O) groups is 1. The fraction of sp³-hybridized carbons (Fsp3) is 0.462. The van der Waals surface area contributed by atoms with Gasteiger partial charge in [-0.15, -0.1) is 0 Å². The lowest BCUT2D eigenvalue weighted by Gasteiger charge is -2.14. The monoisotopic (exact) mass is 236 g/mol. The van der Waals surface area contributed by atoms with Gasteiger partial charge in [0.25, 0.3) is 0 Å². The molecule has 3 N–H and O–H groups in total. The Morgan fingerprint density at radius 1 is 1.47 bits per heavy atom. The molecule has 0 radical (unpaired) electrons. The molecule has 1 amide bonds. The lowest BCUT2D eigenvalue weighted by atomic mass is 9.99. The van der Waals surface area contributed by atoms with E-state index in [4.69, 9.17) is 10.5 Å². The van der Waals surface area contributed by atoms with Gasteiger partial charge in [0.2, 0.25) is 5.91 Å². The van der Waals surface area contributed by atoms with Crippen molar-refractivity contribution in [3.63, 3.8) is 0 Å². The summed E-state index contributed by atoms with van der Waals surface area (Å²) < 4.78 is 4.85. The molecule has 1 rings (SSSR count). The molecule has 0 heterocycles. The first-order valence-electron chi connectivity index (χ1n) is 5.72. The molecule has 0 aliphatic carbocycles. The second-order valence-corrected chi connectivity index (χ2v) is 4.01. The average molecular weight is 236 g/mol. The Labute approximate surface area is 102 Å². The van der Waals surface area contributed by atoms with Crippen LogP contribution in [0.5, 0.6) is 0 Å². The Balaban J connectivity index is 2.46. The lowest BCUT2D eigenvalue weighted by molar-refractivity contribution is -0.121. The number of nitrogens with one attached hydrogen (secondary N) is 1. The molecule has 1 aromatic carbocycles. The predicted molar refractivity (Wildman–Crippen MR) is 67.6 cm³/mol. The molecule has 0 aliphatic rings. The van der Waals surface area contributed by atoms with E-state index < -0.39 is 0 Å². The highest BCUT2D eigenvalue weighted by Gasteiger charge is 2.12. The molecule has 0 aliphatic heterocycles. The van der Waals surface area contributed by atoms with Crippen molar-refractivity contribution < 1.29 is 9.53 Å². The van der Waals surface area contributed by atoms with Crippen molar-refractivity contribution in [1.29, 1.82) is 0 Å². The van der Waals surface area contributed by atoms with Crippen LogP contribution < -0.4 is 11.1 Å². The Bertz CT molecular complexity index is 366. The molecule has 1 atom stereocenters. The van der Waals surface area contributed by atoms with Crippen LogP contribution in [-0.4, -0.2) is 26.2 Å². The van der Waals surface area contributed by atoms with Crippen LogP contribution in [0.2, 0.25) is 0 Å². The smallest absolute Gasteiger partial charge is 0.221 e. The number of benzene rings is 1. The summed E-state index contributed by atoms with van der Waals surface area (Å²) in [5, 5.41) is 2.76. The molecular weight excluding hydrogens is 216 g/mol. The van der Waals surface area contributed by atoms with Crippen LogP contribution in [0.25, 0.3) is 0 Å². The van der Waals surface area contributed by atoms with Gasteiger partial charge in [0.15, 0.2) is 0 Å². The van der Waals surface area contributed by atoms with Crippen LogP contribution in [0.15, 0.2) is 24.3 Å². The number of carbonyl (C=O) groups excluding carboxylic acids is 1.